The molecule has 0 aliphatic carbocycles. The standard InChI is InChI=1S/C10H14F3N3O2/c1-3-16-9(8(18-2)5-15-16)7(17)4-14-6-10(11,12)13/h5,14H,3-4,6H2,1-2H3. The largest absolute Gasteiger partial charge is 0.493 e. The molecule has 0 fully saturated rings. The fourth-order valence-electron chi connectivity index (χ4n) is 1.44. The first-order valence-corrected chi connectivity index (χ1v) is 5.29. The lowest BCUT2D eigenvalue weighted by Gasteiger charge is -2.09. The Bertz CT molecular complexity index is 393. The number of hydrogen-bond donors (Lipinski definition) is 1. The van der Waals surface area contributed by atoms with Crippen molar-refractivity contribution < 1.29 is 22.7 Å². The van der Waals surface area contributed by atoms with Gasteiger partial charge in [0.15, 0.2) is 11.5 Å². The molecule has 0 unspecified atom stereocenters. The van der Waals surface area contributed by atoms with Gasteiger partial charge in [0.2, 0.25) is 0 Å². The van der Waals surface area contributed by atoms with Crippen LogP contribution < -0.4 is 10.1 Å². The number of alkyl halides is 3. The molecule has 0 spiro atoms. The molecular formula is C10H14F3N3O2. The van der Waals surface area contributed by atoms with Crippen LogP contribution in [0, 0.1) is 0 Å². The van der Waals surface area contributed by atoms with E-state index < -0.39 is 25.0 Å². The summed E-state index contributed by atoms with van der Waals surface area (Å²) in [5, 5.41) is 5.95. The molecular weight excluding hydrogens is 251 g/mol. The molecule has 5 nitrogen and oxygen atoms in total. The Morgan fingerprint density at radius 1 is 1.56 bits per heavy atom. The number of aryl methyl sites for hydroxylation is 1. The second-order valence-electron chi connectivity index (χ2n) is 3.52. The summed E-state index contributed by atoms with van der Waals surface area (Å²) in [7, 11) is 1.37. The van der Waals surface area contributed by atoms with E-state index in [1.807, 2.05) is 5.32 Å². The van der Waals surface area contributed by atoms with Gasteiger partial charge in [0.05, 0.1) is 26.4 Å². The SMILES string of the molecule is CCn1ncc(OC)c1C(=O)CNCC(F)(F)F. The van der Waals surface area contributed by atoms with Crippen LogP contribution in [0.25, 0.3) is 0 Å². The Morgan fingerprint density at radius 2 is 2.22 bits per heavy atom. The molecule has 0 aliphatic heterocycles. The molecule has 1 N–H and O–H groups in total. The maximum Gasteiger partial charge on any atom is 0.401 e. The van der Waals surface area contributed by atoms with Gasteiger partial charge in [-0.2, -0.15) is 18.3 Å². The molecule has 1 rings (SSSR count). The Balaban J connectivity index is 2.69. The van der Waals surface area contributed by atoms with E-state index in [2.05, 4.69) is 5.10 Å². The van der Waals surface area contributed by atoms with Crippen LogP contribution in [-0.4, -0.2) is 41.9 Å². The van der Waals surface area contributed by atoms with E-state index in [4.69, 9.17) is 4.74 Å². The van der Waals surface area contributed by atoms with Crippen molar-refractivity contribution in [2.75, 3.05) is 20.2 Å². The predicted octanol–water partition coefficient (Wildman–Crippen LogP) is 1.25. The first kappa shape index (κ1) is 14.5. The van der Waals surface area contributed by atoms with Gasteiger partial charge in [-0.25, -0.2) is 0 Å². The smallest absolute Gasteiger partial charge is 0.401 e. The number of halogens is 3. The van der Waals surface area contributed by atoms with Crippen LogP contribution in [0.4, 0.5) is 13.2 Å². The summed E-state index contributed by atoms with van der Waals surface area (Å²) in [5.41, 5.74) is 0.176. The van der Waals surface area contributed by atoms with E-state index in [1.165, 1.54) is 18.0 Å². The molecule has 0 saturated heterocycles. The minimum Gasteiger partial charge on any atom is -0.493 e. The molecule has 0 bridgehead atoms. The number of carbonyl (C=O) groups is 1. The number of Topliss-reactive ketones (excluding diaryl/α,β-unsaturated/α-hetero) is 1. The first-order chi connectivity index (χ1) is 8.39. The number of aromatic nitrogens is 2. The van der Waals surface area contributed by atoms with Crippen LogP contribution in [0.1, 0.15) is 17.4 Å². The fourth-order valence-corrected chi connectivity index (χ4v) is 1.44. The molecule has 0 saturated carbocycles. The first-order valence-electron chi connectivity index (χ1n) is 5.29. The summed E-state index contributed by atoms with van der Waals surface area (Å²) >= 11 is 0. The molecule has 1 aromatic rings. The summed E-state index contributed by atoms with van der Waals surface area (Å²) < 4.78 is 42.1. The van der Waals surface area contributed by atoms with E-state index in [9.17, 15) is 18.0 Å². The molecule has 1 aromatic heterocycles. The number of methoxy groups -OCH3 is 1. The summed E-state index contributed by atoms with van der Waals surface area (Å²) in [4.78, 5) is 11.8. The lowest BCUT2D eigenvalue weighted by atomic mass is 10.2. The average Bonchev–Trinajstić information content (AvgIpc) is 2.69. The highest BCUT2D eigenvalue weighted by molar-refractivity contribution is 5.98. The van der Waals surface area contributed by atoms with E-state index in [-0.39, 0.29) is 11.4 Å². The lowest BCUT2D eigenvalue weighted by Crippen LogP contribution is -2.33. The van der Waals surface area contributed by atoms with Gasteiger partial charge in [0, 0.05) is 6.54 Å². The highest BCUT2D eigenvalue weighted by atomic mass is 19.4. The third-order valence-electron chi connectivity index (χ3n) is 2.20. The minimum atomic E-state index is -4.34. The van der Waals surface area contributed by atoms with Gasteiger partial charge in [-0.3, -0.25) is 9.48 Å². The normalized spacial score (nSPS) is 11.6. The molecule has 0 radical (unpaired) electrons. The summed E-state index contributed by atoms with van der Waals surface area (Å²) in [5.74, 6) is -0.230. The van der Waals surface area contributed by atoms with Crippen molar-refractivity contribution in [2.45, 2.75) is 19.6 Å². The Kier molecular flexibility index (Phi) is 4.71. The van der Waals surface area contributed by atoms with Crippen LogP contribution in [0.5, 0.6) is 5.75 Å². The Hall–Kier alpha value is -1.57. The molecule has 102 valence electrons. The van der Waals surface area contributed by atoms with Crippen LogP contribution >= 0.6 is 0 Å². The number of rotatable bonds is 6. The van der Waals surface area contributed by atoms with Crippen molar-refractivity contribution in [1.82, 2.24) is 15.1 Å². The molecule has 8 heteroatoms. The number of carbonyl (C=O) groups excluding carboxylic acids is 1. The maximum atomic E-state index is 11.9. The molecule has 0 amide bonds. The van der Waals surface area contributed by atoms with Crippen molar-refractivity contribution in [1.29, 1.82) is 0 Å². The van der Waals surface area contributed by atoms with Gasteiger partial charge in [0.1, 0.15) is 5.69 Å². The van der Waals surface area contributed by atoms with Gasteiger partial charge in [-0.1, -0.05) is 0 Å². The number of ketones is 1. The Labute approximate surface area is 102 Å². The van der Waals surface area contributed by atoms with Gasteiger partial charge < -0.3 is 10.1 Å². The van der Waals surface area contributed by atoms with Gasteiger partial charge in [-0.05, 0) is 6.92 Å². The monoisotopic (exact) mass is 265 g/mol. The fraction of sp³-hybridized carbons (Fsp3) is 0.600. The number of ether oxygens (including phenoxy) is 1. The zero-order chi connectivity index (χ0) is 13.8. The molecule has 0 aliphatic rings. The van der Waals surface area contributed by atoms with Gasteiger partial charge in [0.25, 0.3) is 0 Å². The molecule has 1 heterocycles. The summed E-state index contributed by atoms with van der Waals surface area (Å²) in [6.45, 7) is 0.582. The number of hydrogen-bond acceptors (Lipinski definition) is 4. The topological polar surface area (TPSA) is 56.2 Å². The van der Waals surface area contributed by atoms with Gasteiger partial charge in [-0.15, -0.1) is 0 Å². The molecule has 18 heavy (non-hydrogen) atoms. The van der Waals surface area contributed by atoms with Crippen LogP contribution in [-0.2, 0) is 6.54 Å². The van der Waals surface area contributed by atoms with Crippen molar-refractivity contribution in [3.05, 3.63) is 11.9 Å². The molecule has 0 aromatic carbocycles. The predicted molar refractivity (Wildman–Crippen MR) is 57.7 cm³/mol. The highest BCUT2D eigenvalue weighted by Gasteiger charge is 2.27. The second kappa shape index (κ2) is 5.85. The van der Waals surface area contributed by atoms with Crippen molar-refractivity contribution in [3.63, 3.8) is 0 Å². The van der Waals surface area contributed by atoms with Crippen molar-refractivity contribution >= 4 is 5.78 Å². The van der Waals surface area contributed by atoms with Crippen molar-refractivity contribution in [3.8, 4) is 5.75 Å². The van der Waals surface area contributed by atoms with E-state index >= 15 is 0 Å². The molecule has 0 atom stereocenters. The number of nitrogens with zero attached hydrogens (tertiary/aromatic N) is 2. The second-order valence-corrected chi connectivity index (χ2v) is 3.52. The van der Waals surface area contributed by atoms with E-state index in [0.717, 1.165) is 0 Å². The lowest BCUT2D eigenvalue weighted by molar-refractivity contribution is -0.124. The zero-order valence-electron chi connectivity index (χ0n) is 10.0. The van der Waals surface area contributed by atoms with Gasteiger partial charge >= 0.3 is 6.18 Å². The summed E-state index contributed by atoms with van der Waals surface area (Å²) in [6, 6.07) is 0. The van der Waals surface area contributed by atoms with Crippen LogP contribution in [0.2, 0.25) is 0 Å². The van der Waals surface area contributed by atoms with E-state index in [0.29, 0.717) is 6.54 Å². The van der Waals surface area contributed by atoms with Crippen molar-refractivity contribution in [2.24, 2.45) is 0 Å². The van der Waals surface area contributed by atoms with Crippen LogP contribution in [0.3, 0.4) is 0 Å². The highest BCUT2D eigenvalue weighted by Crippen LogP contribution is 2.18. The average molecular weight is 265 g/mol. The minimum absolute atomic E-state index is 0.176. The van der Waals surface area contributed by atoms with Crippen LogP contribution in [0.15, 0.2) is 6.20 Å². The third-order valence-corrected chi connectivity index (χ3v) is 2.20. The third kappa shape index (κ3) is 3.73. The zero-order valence-corrected chi connectivity index (χ0v) is 10.0. The number of nitrogens with one attached hydrogen (secondary N) is 1. The Morgan fingerprint density at radius 3 is 2.72 bits per heavy atom. The quantitative estimate of drug-likeness (QED) is 0.786. The summed E-state index contributed by atoms with van der Waals surface area (Å²) in [6.07, 6.45) is -2.98. The van der Waals surface area contributed by atoms with E-state index in [1.54, 1.807) is 6.92 Å². The maximum absolute atomic E-state index is 11.9.